The molecule has 1 heterocycles. The predicted octanol–water partition coefficient (Wildman–Crippen LogP) is 1.46. The molecule has 1 atom stereocenters. The number of nitrogens with zero attached hydrogens (tertiary/aromatic N) is 2. The maximum atomic E-state index is 9.45. The Morgan fingerprint density at radius 1 is 1.58 bits per heavy atom. The fourth-order valence-electron chi connectivity index (χ4n) is 2.58. The normalized spacial score (nSPS) is 20.0. The van der Waals surface area contributed by atoms with Gasteiger partial charge in [-0.25, -0.2) is 0 Å². The highest BCUT2D eigenvalue weighted by atomic mass is 32.2. The van der Waals surface area contributed by atoms with Gasteiger partial charge in [-0.3, -0.25) is 0 Å². The Morgan fingerprint density at radius 2 is 2.37 bits per heavy atom. The van der Waals surface area contributed by atoms with E-state index >= 15 is 0 Å². The zero-order valence-corrected chi connectivity index (χ0v) is 11.7. The Kier molecular flexibility index (Phi) is 4.55. The van der Waals surface area contributed by atoms with Crippen molar-refractivity contribution in [1.29, 1.82) is 0 Å². The number of thioether (sulfide) groups is 1. The second kappa shape index (κ2) is 6.16. The number of hydrogen-bond donors (Lipinski definition) is 3. The summed E-state index contributed by atoms with van der Waals surface area (Å²) in [4.78, 5) is 3.11. The molecule has 1 aromatic carbocycles. The lowest BCUT2D eigenvalue weighted by molar-refractivity contribution is 0.266. The third-order valence-electron chi connectivity index (χ3n) is 3.49. The molecule has 1 unspecified atom stereocenters. The van der Waals surface area contributed by atoms with Gasteiger partial charge in [0.05, 0.1) is 18.2 Å². The van der Waals surface area contributed by atoms with E-state index < -0.39 is 0 Å². The molecule has 0 saturated carbocycles. The molecule has 6 heteroatoms. The largest absolute Gasteiger partial charge is 0.409 e. The summed E-state index contributed by atoms with van der Waals surface area (Å²) >= 11 is 1.56. The molecule has 19 heavy (non-hydrogen) atoms. The van der Waals surface area contributed by atoms with Crippen LogP contribution in [0.25, 0.3) is 0 Å². The molecule has 0 spiro atoms. The lowest BCUT2D eigenvalue weighted by Crippen LogP contribution is -2.34. The van der Waals surface area contributed by atoms with Gasteiger partial charge in [0.15, 0.2) is 5.84 Å². The Labute approximate surface area is 117 Å². The summed E-state index contributed by atoms with van der Waals surface area (Å²) in [5.41, 5.74) is 7.50. The first-order chi connectivity index (χ1) is 9.22. The Hall–Kier alpha value is -1.40. The number of nitrogens with two attached hydrogens (primary N) is 1. The van der Waals surface area contributed by atoms with Gasteiger partial charge < -0.3 is 20.9 Å². The van der Waals surface area contributed by atoms with Crippen LogP contribution in [0.3, 0.4) is 0 Å². The van der Waals surface area contributed by atoms with E-state index in [0.717, 1.165) is 35.5 Å². The van der Waals surface area contributed by atoms with Crippen LogP contribution in [0.5, 0.6) is 0 Å². The van der Waals surface area contributed by atoms with Crippen LogP contribution in [0.15, 0.2) is 28.3 Å². The zero-order valence-electron chi connectivity index (χ0n) is 10.9. The van der Waals surface area contributed by atoms with Crippen molar-refractivity contribution in [3.8, 4) is 0 Å². The smallest absolute Gasteiger partial charge is 0.173 e. The van der Waals surface area contributed by atoms with Crippen LogP contribution in [-0.2, 0) is 0 Å². The fourth-order valence-corrected chi connectivity index (χ4v) is 3.21. The minimum absolute atomic E-state index is 0.113. The second-order valence-electron chi connectivity index (χ2n) is 4.51. The standard InChI is InChI=1S/C13H19N3O2S/c1-19-11-6-2-5-10(12(11)13(14)15-18)16-7-3-4-9(16)8-17/h2,5-6,9,17-18H,3-4,7-8H2,1H3,(H2,14,15). The Bertz CT molecular complexity index is 479. The molecule has 104 valence electrons. The highest BCUT2D eigenvalue weighted by Gasteiger charge is 2.27. The van der Waals surface area contributed by atoms with E-state index in [9.17, 15) is 5.11 Å². The molecular weight excluding hydrogens is 262 g/mol. The third kappa shape index (κ3) is 2.64. The molecule has 1 aliphatic rings. The van der Waals surface area contributed by atoms with Gasteiger partial charge in [-0.1, -0.05) is 11.2 Å². The molecule has 1 saturated heterocycles. The predicted molar refractivity (Wildman–Crippen MR) is 78.2 cm³/mol. The van der Waals surface area contributed by atoms with E-state index in [1.165, 1.54) is 0 Å². The number of benzene rings is 1. The number of anilines is 1. The minimum atomic E-state index is 0.113. The monoisotopic (exact) mass is 281 g/mol. The average molecular weight is 281 g/mol. The molecule has 1 fully saturated rings. The molecule has 2 rings (SSSR count). The van der Waals surface area contributed by atoms with Crippen LogP contribution < -0.4 is 10.6 Å². The van der Waals surface area contributed by atoms with E-state index in [2.05, 4.69) is 10.1 Å². The van der Waals surface area contributed by atoms with Gasteiger partial charge in [-0.05, 0) is 31.2 Å². The SMILES string of the molecule is CSc1cccc(N2CCCC2CO)c1/C(N)=N/O. The summed E-state index contributed by atoms with van der Waals surface area (Å²) in [6.45, 7) is 1.01. The molecule has 0 aliphatic carbocycles. The quantitative estimate of drug-likeness (QED) is 0.256. The van der Waals surface area contributed by atoms with Crippen molar-refractivity contribution in [3.05, 3.63) is 23.8 Å². The maximum Gasteiger partial charge on any atom is 0.173 e. The lowest BCUT2D eigenvalue weighted by atomic mass is 10.1. The van der Waals surface area contributed by atoms with Crippen molar-refractivity contribution in [2.24, 2.45) is 10.9 Å². The average Bonchev–Trinajstić information content (AvgIpc) is 2.93. The van der Waals surface area contributed by atoms with Gasteiger partial charge in [0.2, 0.25) is 0 Å². The van der Waals surface area contributed by atoms with E-state index in [1.807, 2.05) is 24.5 Å². The molecular formula is C13H19N3O2S. The van der Waals surface area contributed by atoms with E-state index in [4.69, 9.17) is 10.9 Å². The van der Waals surface area contributed by atoms with Crippen molar-refractivity contribution in [1.82, 2.24) is 0 Å². The summed E-state index contributed by atoms with van der Waals surface area (Å²) in [7, 11) is 0. The number of aliphatic hydroxyl groups is 1. The van der Waals surface area contributed by atoms with Crippen molar-refractivity contribution in [3.63, 3.8) is 0 Å². The summed E-state index contributed by atoms with van der Waals surface area (Å²) in [5, 5.41) is 21.6. The molecule has 0 aromatic heterocycles. The van der Waals surface area contributed by atoms with Crippen molar-refractivity contribution >= 4 is 23.3 Å². The lowest BCUT2D eigenvalue weighted by Gasteiger charge is -2.28. The molecule has 0 radical (unpaired) electrons. The van der Waals surface area contributed by atoms with Gasteiger partial charge in [-0.2, -0.15) is 0 Å². The van der Waals surface area contributed by atoms with Gasteiger partial charge in [-0.15, -0.1) is 11.8 Å². The van der Waals surface area contributed by atoms with Crippen molar-refractivity contribution < 1.29 is 10.3 Å². The Morgan fingerprint density at radius 3 is 3.00 bits per heavy atom. The van der Waals surface area contributed by atoms with E-state index in [1.54, 1.807) is 11.8 Å². The van der Waals surface area contributed by atoms with E-state index in [-0.39, 0.29) is 18.5 Å². The highest BCUT2D eigenvalue weighted by Crippen LogP contribution is 2.33. The number of oxime groups is 1. The molecule has 4 N–H and O–H groups in total. The first-order valence-electron chi connectivity index (χ1n) is 6.25. The molecule has 1 aromatic rings. The fraction of sp³-hybridized carbons (Fsp3) is 0.462. The van der Waals surface area contributed by atoms with Crippen LogP contribution in [0.2, 0.25) is 0 Å². The van der Waals surface area contributed by atoms with Crippen molar-refractivity contribution in [2.75, 3.05) is 24.3 Å². The number of amidine groups is 1. The number of rotatable bonds is 4. The minimum Gasteiger partial charge on any atom is -0.409 e. The van der Waals surface area contributed by atoms with Gasteiger partial charge >= 0.3 is 0 Å². The summed E-state index contributed by atoms with van der Waals surface area (Å²) in [5.74, 6) is 0.114. The van der Waals surface area contributed by atoms with Crippen LogP contribution >= 0.6 is 11.8 Å². The number of aliphatic hydroxyl groups excluding tert-OH is 1. The summed E-state index contributed by atoms with van der Waals surface area (Å²) in [6, 6.07) is 5.98. The molecule has 5 nitrogen and oxygen atoms in total. The molecule has 0 bridgehead atoms. The summed E-state index contributed by atoms with van der Waals surface area (Å²) < 4.78 is 0. The maximum absolute atomic E-state index is 9.45. The first-order valence-corrected chi connectivity index (χ1v) is 7.47. The van der Waals surface area contributed by atoms with Gasteiger partial charge in [0, 0.05) is 17.1 Å². The summed E-state index contributed by atoms with van der Waals surface area (Å²) in [6.07, 6.45) is 3.97. The van der Waals surface area contributed by atoms with Crippen LogP contribution in [0.1, 0.15) is 18.4 Å². The third-order valence-corrected chi connectivity index (χ3v) is 4.27. The van der Waals surface area contributed by atoms with Gasteiger partial charge in [0.1, 0.15) is 0 Å². The van der Waals surface area contributed by atoms with Crippen LogP contribution in [-0.4, -0.2) is 41.6 Å². The van der Waals surface area contributed by atoms with Crippen LogP contribution in [0.4, 0.5) is 5.69 Å². The van der Waals surface area contributed by atoms with Gasteiger partial charge in [0.25, 0.3) is 0 Å². The number of hydrogen-bond acceptors (Lipinski definition) is 5. The second-order valence-corrected chi connectivity index (χ2v) is 5.36. The Balaban J connectivity index is 2.50. The molecule has 1 aliphatic heterocycles. The molecule has 0 amide bonds. The zero-order chi connectivity index (χ0) is 13.8. The van der Waals surface area contributed by atoms with Crippen LogP contribution in [0, 0.1) is 0 Å². The van der Waals surface area contributed by atoms with E-state index in [0.29, 0.717) is 0 Å². The topological polar surface area (TPSA) is 82.1 Å². The van der Waals surface area contributed by atoms with Crippen molar-refractivity contribution in [2.45, 2.75) is 23.8 Å². The first kappa shape index (κ1) is 14.0. The highest BCUT2D eigenvalue weighted by molar-refractivity contribution is 7.98.